The van der Waals surface area contributed by atoms with Gasteiger partial charge in [0.05, 0.1) is 11.3 Å². The van der Waals surface area contributed by atoms with Crippen LogP contribution >= 0.6 is 11.3 Å². The average molecular weight is 392 g/mol. The van der Waals surface area contributed by atoms with Crippen LogP contribution in [0.3, 0.4) is 0 Å². The van der Waals surface area contributed by atoms with E-state index in [2.05, 4.69) is 5.32 Å². The van der Waals surface area contributed by atoms with E-state index in [4.69, 9.17) is 4.74 Å². The van der Waals surface area contributed by atoms with E-state index in [0.717, 1.165) is 18.2 Å². The van der Waals surface area contributed by atoms with Crippen LogP contribution in [-0.4, -0.2) is 29.0 Å². The molecule has 1 aliphatic heterocycles. The highest BCUT2D eigenvalue weighted by Gasteiger charge is 2.42. The minimum absolute atomic E-state index is 0.121. The van der Waals surface area contributed by atoms with Gasteiger partial charge in [0.2, 0.25) is 5.91 Å². The summed E-state index contributed by atoms with van der Waals surface area (Å²) in [5.41, 5.74) is -0.569. The summed E-state index contributed by atoms with van der Waals surface area (Å²) in [5.74, 6) is -2.00. The van der Waals surface area contributed by atoms with E-state index in [1.54, 1.807) is 13.0 Å². The maximum absolute atomic E-state index is 13.8. The second-order valence-electron chi connectivity index (χ2n) is 6.59. The Morgan fingerprint density at radius 2 is 2.04 bits per heavy atom. The van der Waals surface area contributed by atoms with Crippen molar-refractivity contribution in [3.05, 3.63) is 58.0 Å². The van der Waals surface area contributed by atoms with Gasteiger partial charge < -0.3 is 10.1 Å². The molecule has 3 rings (SSSR count). The molecule has 1 aromatic carbocycles. The van der Waals surface area contributed by atoms with Crippen molar-refractivity contribution in [2.24, 2.45) is 0 Å². The summed E-state index contributed by atoms with van der Waals surface area (Å²) < 4.78 is 32.8. The average Bonchev–Trinajstić information content (AvgIpc) is 3.12. The maximum atomic E-state index is 13.8. The predicted octanol–water partition coefficient (Wildman–Crippen LogP) is 3.99. The van der Waals surface area contributed by atoms with Crippen molar-refractivity contribution in [2.75, 3.05) is 12.0 Å². The minimum atomic E-state index is -1.36. The van der Waals surface area contributed by atoms with Gasteiger partial charge in [0.1, 0.15) is 22.9 Å². The fourth-order valence-electron chi connectivity index (χ4n) is 2.72. The fourth-order valence-corrected chi connectivity index (χ4v) is 3.36. The van der Waals surface area contributed by atoms with Crippen molar-refractivity contribution in [3.63, 3.8) is 0 Å². The number of rotatable bonds is 4. The Balaban J connectivity index is 1.87. The first-order valence-electron chi connectivity index (χ1n) is 8.16. The number of anilines is 1. The Kier molecular flexibility index (Phi) is 5.01. The van der Waals surface area contributed by atoms with Gasteiger partial charge in [-0.2, -0.15) is 11.3 Å². The molecule has 0 saturated carbocycles. The number of hydrogen-bond donors (Lipinski definition) is 1. The van der Waals surface area contributed by atoms with Crippen molar-refractivity contribution < 1.29 is 23.1 Å². The van der Waals surface area contributed by atoms with E-state index in [0.29, 0.717) is 16.9 Å². The van der Waals surface area contributed by atoms with Crippen LogP contribution in [0.1, 0.15) is 26.3 Å². The number of nitrogens with zero attached hydrogens (tertiary/aromatic N) is 1. The van der Waals surface area contributed by atoms with Crippen molar-refractivity contribution in [1.29, 1.82) is 0 Å². The number of benzene rings is 1. The second kappa shape index (κ2) is 7.11. The Morgan fingerprint density at radius 3 is 2.70 bits per heavy atom. The normalized spacial score (nSPS) is 15.0. The second-order valence-corrected chi connectivity index (χ2v) is 7.37. The minimum Gasteiger partial charge on any atom is -0.477 e. The van der Waals surface area contributed by atoms with Gasteiger partial charge in [-0.15, -0.1) is 0 Å². The lowest BCUT2D eigenvalue weighted by Gasteiger charge is -2.40. The summed E-state index contributed by atoms with van der Waals surface area (Å²) in [4.78, 5) is 27.1. The molecule has 0 saturated heterocycles. The fraction of sp³-hybridized carbons (Fsp3) is 0.263. The third-order valence-corrected chi connectivity index (χ3v) is 5.12. The Labute approximate surface area is 159 Å². The van der Waals surface area contributed by atoms with Crippen molar-refractivity contribution >= 4 is 34.4 Å². The molecule has 1 aliphatic rings. The zero-order valence-electron chi connectivity index (χ0n) is 15.0. The number of hydrogen-bond acceptors (Lipinski definition) is 4. The van der Waals surface area contributed by atoms with Gasteiger partial charge >= 0.3 is 0 Å². The van der Waals surface area contributed by atoms with Gasteiger partial charge in [0.15, 0.2) is 6.73 Å². The molecular formula is C19H18F2N2O3S. The summed E-state index contributed by atoms with van der Waals surface area (Å²) in [6.45, 7) is 4.61. The molecule has 0 atom stereocenters. The van der Waals surface area contributed by atoms with Crippen LogP contribution in [-0.2, 0) is 14.3 Å². The van der Waals surface area contributed by atoms with Gasteiger partial charge in [0.25, 0.3) is 5.91 Å². The van der Waals surface area contributed by atoms with Gasteiger partial charge in [-0.1, -0.05) is 0 Å². The van der Waals surface area contributed by atoms with E-state index in [9.17, 15) is 18.4 Å². The summed E-state index contributed by atoms with van der Waals surface area (Å²) in [5, 5.41) is 6.01. The zero-order valence-corrected chi connectivity index (χ0v) is 15.8. The third-order valence-electron chi connectivity index (χ3n) is 4.44. The molecule has 2 amide bonds. The first-order chi connectivity index (χ1) is 12.7. The Hall–Kier alpha value is -2.74. The number of carbonyl (C=O) groups is 2. The summed E-state index contributed by atoms with van der Waals surface area (Å²) in [6, 6.07) is 4.56. The molecule has 0 fully saturated rings. The van der Waals surface area contributed by atoms with Crippen molar-refractivity contribution in [2.45, 2.75) is 26.3 Å². The van der Waals surface area contributed by atoms with Crippen LogP contribution in [0.25, 0.3) is 5.57 Å². The molecule has 0 bridgehead atoms. The monoisotopic (exact) mass is 392 g/mol. The number of nitrogens with one attached hydrogen (secondary N) is 1. The van der Waals surface area contributed by atoms with E-state index in [1.165, 1.54) is 30.1 Å². The lowest BCUT2D eigenvalue weighted by atomic mass is 9.97. The predicted molar refractivity (Wildman–Crippen MR) is 98.8 cm³/mol. The van der Waals surface area contributed by atoms with Gasteiger partial charge in [-0.3, -0.25) is 14.5 Å². The molecule has 8 heteroatoms. The smallest absolute Gasteiger partial charge is 0.261 e. The highest BCUT2D eigenvalue weighted by molar-refractivity contribution is 7.08. The van der Waals surface area contributed by atoms with Crippen LogP contribution in [0, 0.1) is 11.6 Å². The van der Waals surface area contributed by atoms with E-state index in [1.807, 2.05) is 10.8 Å². The van der Waals surface area contributed by atoms with E-state index < -0.39 is 23.1 Å². The summed E-state index contributed by atoms with van der Waals surface area (Å²) in [7, 11) is 0. The van der Waals surface area contributed by atoms with E-state index >= 15 is 0 Å². The van der Waals surface area contributed by atoms with Crippen LogP contribution in [0.2, 0.25) is 0 Å². The van der Waals surface area contributed by atoms with Gasteiger partial charge in [-0.05, 0) is 49.7 Å². The number of carbonyl (C=O) groups excluding carboxylic acids is 2. The zero-order chi connectivity index (χ0) is 19.8. The van der Waals surface area contributed by atoms with Crippen molar-refractivity contribution in [3.8, 4) is 0 Å². The molecule has 0 radical (unpaired) electrons. The summed E-state index contributed by atoms with van der Waals surface area (Å²) in [6.07, 6.45) is 0. The maximum Gasteiger partial charge on any atom is 0.261 e. The largest absolute Gasteiger partial charge is 0.477 e. The number of allylic oxidation sites excluding steroid dienone is 1. The topological polar surface area (TPSA) is 58.6 Å². The van der Waals surface area contributed by atoms with Crippen molar-refractivity contribution in [1.82, 2.24) is 4.90 Å². The third kappa shape index (κ3) is 3.57. The number of amides is 2. The molecule has 1 aromatic heterocycles. The van der Waals surface area contributed by atoms with Crippen LogP contribution < -0.4 is 5.32 Å². The first-order valence-corrected chi connectivity index (χ1v) is 9.11. The standard InChI is InChI=1S/C19H18F2N2O3S/c1-11-16(12-6-7-27-9-12)17(24)23(10-26-11)19(2,3)18(25)22-15-8-13(20)4-5-14(15)21/h4-9H,10H2,1-3H3,(H,22,25). The van der Waals surface area contributed by atoms with Crippen LogP contribution in [0.4, 0.5) is 14.5 Å². The molecule has 0 spiro atoms. The highest BCUT2D eigenvalue weighted by Crippen LogP contribution is 2.32. The molecule has 0 unspecified atom stereocenters. The Morgan fingerprint density at radius 1 is 1.30 bits per heavy atom. The van der Waals surface area contributed by atoms with Gasteiger partial charge in [0, 0.05) is 11.6 Å². The lowest BCUT2D eigenvalue weighted by molar-refractivity contribution is -0.147. The number of ether oxygens (including phenoxy) is 1. The molecule has 1 N–H and O–H groups in total. The number of thiophene rings is 1. The molecule has 2 aromatic rings. The highest BCUT2D eigenvalue weighted by atomic mass is 32.1. The van der Waals surface area contributed by atoms with Crippen LogP contribution in [0.15, 0.2) is 40.8 Å². The summed E-state index contributed by atoms with van der Waals surface area (Å²) >= 11 is 1.44. The molecule has 5 nitrogen and oxygen atoms in total. The number of halogens is 2. The SMILES string of the molecule is CC1=C(c2ccsc2)C(=O)N(C(C)(C)C(=O)Nc2cc(F)ccc2F)CO1. The first kappa shape index (κ1) is 19.0. The molecule has 2 heterocycles. The van der Waals surface area contributed by atoms with Gasteiger partial charge in [-0.25, -0.2) is 8.78 Å². The van der Waals surface area contributed by atoms with E-state index in [-0.39, 0.29) is 18.3 Å². The molecular weight excluding hydrogens is 374 g/mol. The quantitative estimate of drug-likeness (QED) is 0.856. The lowest BCUT2D eigenvalue weighted by Crippen LogP contribution is -2.57. The molecule has 0 aliphatic carbocycles. The van der Waals surface area contributed by atoms with Crippen LogP contribution in [0.5, 0.6) is 0 Å². The Bertz CT molecular complexity index is 923. The molecule has 142 valence electrons. The molecule has 27 heavy (non-hydrogen) atoms.